The lowest BCUT2D eigenvalue weighted by atomic mass is 9.67. The summed E-state index contributed by atoms with van der Waals surface area (Å²) in [4.78, 5) is 0. The second-order valence-corrected chi connectivity index (χ2v) is 12.4. The predicted octanol–water partition coefficient (Wildman–Crippen LogP) is 11.8. The first-order valence-corrected chi connectivity index (χ1v) is 15.9. The predicted molar refractivity (Wildman–Crippen MR) is 190 cm³/mol. The Morgan fingerprint density at radius 2 is 1.07 bits per heavy atom. The van der Waals surface area contributed by atoms with Gasteiger partial charge in [-0.3, -0.25) is 0 Å². The van der Waals surface area contributed by atoms with E-state index in [9.17, 15) is 0 Å². The molecule has 1 aliphatic heterocycles. The molecule has 0 spiro atoms. The summed E-state index contributed by atoms with van der Waals surface area (Å²) in [7, 11) is 0. The minimum atomic E-state index is -0.471. The Morgan fingerprint density at radius 3 is 1.89 bits per heavy atom. The molecule has 0 N–H and O–H groups in total. The van der Waals surface area contributed by atoms with Crippen LogP contribution in [0.5, 0.6) is 11.5 Å². The van der Waals surface area contributed by atoms with Crippen molar-refractivity contribution in [3.8, 4) is 44.9 Å². The van der Waals surface area contributed by atoms with Gasteiger partial charge in [0.25, 0.3) is 0 Å². The molecule has 46 heavy (non-hydrogen) atoms. The SMILES string of the molecule is c1ccc(C2(c3ccccc3)c3cc(-c4ccc5c6c(cccc46)-c4ccccc4O5)ccc3-c3c2ccc2ccccc32)cc1. The Hall–Kier alpha value is -5.92. The van der Waals surface area contributed by atoms with Crippen LogP contribution < -0.4 is 4.74 Å². The Morgan fingerprint density at radius 1 is 0.391 bits per heavy atom. The fourth-order valence-electron chi connectivity index (χ4n) is 8.26. The van der Waals surface area contributed by atoms with E-state index in [1.54, 1.807) is 0 Å². The van der Waals surface area contributed by atoms with E-state index in [-0.39, 0.29) is 0 Å². The van der Waals surface area contributed by atoms with Gasteiger partial charge in [0.2, 0.25) is 0 Å². The largest absolute Gasteiger partial charge is 0.456 e. The third kappa shape index (κ3) is 3.35. The van der Waals surface area contributed by atoms with Crippen molar-refractivity contribution >= 4 is 21.5 Å². The summed E-state index contributed by atoms with van der Waals surface area (Å²) in [5, 5.41) is 4.93. The molecule has 0 bridgehead atoms. The number of para-hydroxylation sites is 1. The number of rotatable bonds is 3. The molecule has 0 amide bonds. The van der Waals surface area contributed by atoms with Crippen LogP contribution in [0.2, 0.25) is 0 Å². The van der Waals surface area contributed by atoms with E-state index in [2.05, 4.69) is 164 Å². The quantitative estimate of drug-likeness (QED) is 0.201. The third-order valence-corrected chi connectivity index (χ3v) is 10.2. The number of fused-ring (bicyclic) bond motifs is 7. The molecule has 1 nitrogen and oxygen atoms in total. The lowest BCUT2D eigenvalue weighted by molar-refractivity contribution is 0.487. The van der Waals surface area contributed by atoms with Gasteiger partial charge in [-0.05, 0) is 84.4 Å². The number of benzene rings is 8. The molecular formula is C45H28O. The molecule has 1 heterocycles. The third-order valence-electron chi connectivity index (χ3n) is 10.2. The van der Waals surface area contributed by atoms with Crippen LogP contribution in [-0.2, 0) is 5.41 Å². The Bertz CT molecular complexity index is 2450. The molecule has 8 aromatic rings. The maximum atomic E-state index is 6.45. The highest BCUT2D eigenvalue weighted by Gasteiger charge is 2.46. The van der Waals surface area contributed by atoms with Gasteiger partial charge in [0, 0.05) is 10.9 Å². The topological polar surface area (TPSA) is 9.23 Å². The van der Waals surface area contributed by atoms with E-state index in [1.807, 2.05) is 6.07 Å². The summed E-state index contributed by atoms with van der Waals surface area (Å²) in [5.74, 6) is 1.82. The van der Waals surface area contributed by atoms with Crippen molar-refractivity contribution in [2.45, 2.75) is 5.41 Å². The molecule has 0 unspecified atom stereocenters. The van der Waals surface area contributed by atoms with E-state index in [1.165, 1.54) is 71.6 Å². The molecule has 1 aliphatic carbocycles. The van der Waals surface area contributed by atoms with Gasteiger partial charge in [0.15, 0.2) is 0 Å². The summed E-state index contributed by atoms with van der Waals surface area (Å²) in [5.41, 5.74) is 12.1. The molecule has 10 rings (SSSR count). The first-order valence-electron chi connectivity index (χ1n) is 15.9. The van der Waals surface area contributed by atoms with E-state index >= 15 is 0 Å². The summed E-state index contributed by atoms with van der Waals surface area (Å²) in [6.07, 6.45) is 0. The molecular weight excluding hydrogens is 556 g/mol. The zero-order chi connectivity index (χ0) is 30.2. The van der Waals surface area contributed by atoms with Gasteiger partial charge in [-0.15, -0.1) is 0 Å². The van der Waals surface area contributed by atoms with E-state index in [4.69, 9.17) is 4.74 Å². The molecule has 0 saturated heterocycles. The molecule has 0 fully saturated rings. The Labute approximate surface area is 268 Å². The van der Waals surface area contributed by atoms with Crippen LogP contribution in [0.15, 0.2) is 170 Å². The lowest BCUT2D eigenvalue weighted by Gasteiger charge is -2.34. The van der Waals surface area contributed by atoms with Crippen molar-refractivity contribution in [2.24, 2.45) is 0 Å². The monoisotopic (exact) mass is 584 g/mol. The van der Waals surface area contributed by atoms with Gasteiger partial charge in [-0.2, -0.15) is 0 Å². The first kappa shape index (κ1) is 25.4. The van der Waals surface area contributed by atoms with Crippen LogP contribution in [0.1, 0.15) is 22.3 Å². The Kier molecular flexibility index (Phi) is 5.27. The van der Waals surface area contributed by atoms with Crippen LogP contribution in [-0.4, -0.2) is 0 Å². The summed E-state index contributed by atoms with van der Waals surface area (Å²) in [6, 6.07) is 62.1. The van der Waals surface area contributed by atoms with Crippen LogP contribution in [0.25, 0.3) is 54.9 Å². The van der Waals surface area contributed by atoms with Crippen molar-refractivity contribution < 1.29 is 4.74 Å². The maximum absolute atomic E-state index is 6.45. The molecule has 1 heteroatoms. The lowest BCUT2D eigenvalue weighted by Crippen LogP contribution is -2.28. The summed E-state index contributed by atoms with van der Waals surface area (Å²) < 4.78 is 6.45. The summed E-state index contributed by atoms with van der Waals surface area (Å²) in [6.45, 7) is 0. The maximum Gasteiger partial charge on any atom is 0.135 e. The molecule has 2 aliphatic rings. The molecule has 0 atom stereocenters. The van der Waals surface area contributed by atoms with E-state index in [0.717, 1.165) is 17.1 Å². The van der Waals surface area contributed by atoms with Crippen LogP contribution in [0, 0.1) is 0 Å². The average molecular weight is 585 g/mol. The molecule has 0 aromatic heterocycles. The van der Waals surface area contributed by atoms with Gasteiger partial charge >= 0.3 is 0 Å². The standard InChI is InChI=1S/C45H28O/c1-3-13-31(14-4-1)45(32-15-5-2-6-16-32)39-26-23-29-12-7-8-17-34(29)43(39)38-24-22-30(28-40(38)45)33-25-27-42-44-36(33)19-11-20-37(44)35-18-9-10-21-41(35)46-42/h1-28H. The van der Waals surface area contributed by atoms with Crippen molar-refractivity contribution in [2.75, 3.05) is 0 Å². The van der Waals surface area contributed by atoms with E-state index in [0.29, 0.717) is 0 Å². The van der Waals surface area contributed by atoms with Gasteiger partial charge in [0.1, 0.15) is 11.5 Å². The molecule has 0 radical (unpaired) electrons. The number of hydrogen-bond donors (Lipinski definition) is 0. The van der Waals surface area contributed by atoms with Crippen LogP contribution in [0.3, 0.4) is 0 Å². The Balaban J connectivity index is 1.30. The highest BCUT2D eigenvalue weighted by molar-refractivity contribution is 6.10. The normalized spacial score (nSPS) is 13.6. The fourth-order valence-corrected chi connectivity index (χ4v) is 8.26. The smallest absolute Gasteiger partial charge is 0.135 e. The van der Waals surface area contributed by atoms with Crippen LogP contribution in [0.4, 0.5) is 0 Å². The highest BCUT2D eigenvalue weighted by atomic mass is 16.5. The average Bonchev–Trinajstić information content (AvgIpc) is 3.43. The first-order chi connectivity index (χ1) is 22.8. The number of hydrogen-bond acceptors (Lipinski definition) is 1. The van der Waals surface area contributed by atoms with Gasteiger partial charge in [0.05, 0.1) is 5.41 Å². The second-order valence-electron chi connectivity index (χ2n) is 12.4. The zero-order valence-electron chi connectivity index (χ0n) is 25.1. The van der Waals surface area contributed by atoms with Crippen molar-refractivity contribution in [1.29, 1.82) is 0 Å². The minimum absolute atomic E-state index is 0.471. The van der Waals surface area contributed by atoms with Gasteiger partial charge in [-0.25, -0.2) is 0 Å². The van der Waals surface area contributed by atoms with Gasteiger partial charge < -0.3 is 4.74 Å². The van der Waals surface area contributed by atoms with Crippen LogP contribution >= 0.6 is 0 Å². The van der Waals surface area contributed by atoms with Crippen molar-refractivity contribution in [3.05, 3.63) is 192 Å². The summed E-state index contributed by atoms with van der Waals surface area (Å²) >= 11 is 0. The highest BCUT2D eigenvalue weighted by Crippen LogP contribution is 2.59. The van der Waals surface area contributed by atoms with Crippen molar-refractivity contribution in [3.63, 3.8) is 0 Å². The van der Waals surface area contributed by atoms with Crippen molar-refractivity contribution in [1.82, 2.24) is 0 Å². The minimum Gasteiger partial charge on any atom is -0.456 e. The zero-order valence-corrected chi connectivity index (χ0v) is 25.1. The van der Waals surface area contributed by atoms with E-state index < -0.39 is 5.41 Å². The number of ether oxygens (including phenoxy) is 1. The molecule has 0 saturated carbocycles. The molecule has 214 valence electrons. The molecule has 8 aromatic carbocycles. The fraction of sp³-hybridized carbons (Fsp3) is 0.0222. The van der Waals surface area contributed by atoms with Gasteiger partial charge in [-0.1, -0.05) is 152 Å². The second kappa shape index (κ2) is 9.54.